The van der Waals surface area contributed by atoms with Crippen molar-refractivity contribution in [2.24, 2.45) is 0 Å². The van der Waals surface area contributed by atoms with Gasteiger partial charge in [-0.2, -0.15) is 0 Å². The first-order chi connectivity index (χ1) is 14.1. The van der Waals surface area contributed by atoms with Gasteiger partial charge in [-0.25, -0.2) is 4.79 Å². The third-order valence-corrected chi connectivity index (χ3v) is 5.37. The van der Waals surface area contributed by atoms with Crippen LogP contribution in [0.5, 0.6) is 0 Å². The van der Waals surface area contributed by atoms with Crippen LogP contribution >= 0.6 is 15.9 Å². The molecular weight excluding hydrogens is 432 g/mol. The Morgan fingerprint density at radius 2 is 1.83 bits per heavy atom. The number of carbonyl (C=O) groups is 2. The number of nitrogens with zero attached hydrogens (tertiary/aromatic N) is 1. The monoisotopic (exact) mass is 456 g/mol. The molecule has 0 bridgehead atoms. The molecule has 1 N–H and O–H groups in total. The minimum absolute atomic E-state index is 0.0809. The summed E-state index contributed by atoms with van der Waals surface area (Å²) in [5, 5.41) is 3.40. The molecule has 29 heavy (non-hydrogen) atoms. The zero-order valence-electron chi connectivity index (χ0n) is 16.5. The lowest BCUT2D eigenvalue weighted by Crippen LogP contribution is -2.41. The lowest BCUT2D eigenvalue weighted by atomic mass is 10.0. The zero-order chi connectivity index (χ0) is 20.6. The summed E-state index contributed by atoms with van der Waals surface area (Å²) in [7, 11) is 0. The Labute approximate surface area is 179 Å². The molecule has 2 aromatic rings. The second kappa shape index (κ2) is 10.3. The minimum Gasteiger partial charge on any atom is -0.463 e. The van der Waals surface area contributed by atoms with Gasteiger partial charge in [0, 0.05) is 35.2 Å². The van der Waals surface area contributed by atoms with Crippen LogP contribution in [-0.4, -0.2) is 43.0 Å². The van der Waals surface area contributed by atoms with Crippen molar-refractivity contribution in [2.45, 2.75) is 19.8 Å². The van der Waals surface area contributed by atoms with E-state index < -0.39 is 0 Å². The Hall–Kier alpha value is -2.60. The van der Waals surface area contributed by atoms with Crippen molar-refractivity contribution in [3.8, 4) is 0 Å². The third kappa shape index (κ3) is 5.70. The fourth-order valence-electron chi connectivity index (χ4n) is 3.31. The summed E-state index contributed by atoms with van der Waals surface area (Å²) in [6, 6.07) is 17.5. The lowest BCUT2D eigenvalue weighted by Gasteiger charge is -2.30. The molecule has 0 saturated heterocycles. The van der Waals surface area contributed by atoms with E-state index >= 15 is 0 Å². The van der Waals surface area contributed by atoms with E-state index in [-0.39, 0.29) is 18.4 Å². The highest BCUT2D eigenvalue weighted by Crippen LogP contribution is 2.20. The molecular formula is C23H25BrN2O3. The predicted molar refractivity (Wildman–Crippen MR) is 116 cm³/mol. The standard InChI is InChI=1S/C23H25BrN2O3/c1-2-29-23(28)20-16-26(22(27)18-8-10-19(24)11-9-18)15-13-21(20)25-14-12-17-6-4-3-5-7-17/h3-11,25H,2,12-16H2,1H3. The van der Waals surface area contributed by atoms with Crippen molar-refractivity contribution in [1.29, 1.82) is 0 Å². The smallest absolute Gasteiger partial charge is 0.337 e. The van der Waals surface area contributed by atoms with Crippen molar-refractivity contribution >= 4 is 27.8 Å². The number of halogens is 1. The number of hydrogen-bond acceptors (Lipinski definition) is 4. The minimum atomic E-state index is -0.358. The number of hydrogen-bond donors (Lipinski definition) is 1. The Kier molecular flexibility index (Phi) is 7.47. The van der Waals surface area contributed by atoms with Gasteiger partial charge in [0.05, 0.1) is 18.7 Å². The van der Waals surface area contributed by atoms with Gasteiger partial charge in [0.15, 0.2) is 0 Å². The molecule has 6 heteroatoms. The molecule has 152 valence electrons. The number of benzene rings is 2. The second-order valence-electron chi connectivity index (χ2n) is 6.82. The molecule has 0 aliphatic carbocycles. The Morgan fingerprint density at radius 3 is 2.52 bits per heavy atom. The van der Waals surface area contributed by atoms with Crippen molar-refractivity contribution in [3.63, 3.8) is 0 Å². The first-order valence-electron chi connectivity index (χ1n) is 9.80. The van der Waals surface area contributed by atoms with Crippen molar-refractivity contribution in [2.75, 3.05) is 26.2 Å². The van der Waals surface area contributed by atoms with Crippen molar-refractivity contribution in [3.05, 3.63) is 81.5 Å². The molecule has 3 rings (SSSR count). The fraction of sp³-hybridized carbons (Fsp3) is 0.304. The van der Waals surface area contributed by atoms with E-state index in [1.807, 2.05) is 30.3 Å². The Balaban J connectivity index is 1.71. The van der Waals surface area contributed by atoms with Crippen LogP contribution in [0, 0.1) is 0 Å². The molecule has 0 saturated carbocycles. The number of amides is 1. The van der Waals surface area contributed by atoms with E-state index in [0.717, 1.165) is 23.1 Å². The zero-order valence-corrected chi connectivity index (χ0v) is 18.1. The fourth-order valence-corrected chi connectivity index (χ4v) is 3.58. The van der Waals surface area contributed by atoms with Gasteiger partial charge in [0.2, 0.25) is 0 Å². The summed E-state index contributed by atoms with van der Waals surface area (Å²) in [5.41, 5.74) is 3.26. The molecule has 0 radical (unpaired) electrons. The Morgan fingerprint density at radius 1 is 1.10 bits per heavy atom. The average molecular weight is 457 g/mol. The molecule has 1 amide bonds. The van der Waals surface area contributed by atoms with E-state index in [1.54, 1.807) is 24.0 Å². The molecule has 1 aliphatic rings. The molecule has 0 fully saturated rings. The van der Waals surface area contributed by atoms with Gasteiger partial charge >= 0.3 is 5.97 Å². The summed E-state index contributed by atoms with van der Waals surface area (Å²) in [4.78, 5) is 27.1. The number of nitrogens with one attached hydrogen (secondary N) is 1. The highest BCUT2D eigenvalue weighted by molar-refractivity contribution is 9.10. The molecule has 0 unspecified atom stereocenters. The van der Waals surface area contributed by atoms with Gasteiger partial charge < -0.3 is 15.0 Å². The van der Waals surface area contributed by atoms with Crippen LogP contribution in [0.1, 0.15) is 29.3 Å². The van der Waals surface area contributed by atoms with Crippen LogP contribution in [0.25, 0.3) is 0 Å². The summed E-state index contributed by atoms with van der Waals surface area (Å²) < 4.78 is 6.17. The number of esters is 1. The van der Waals surface area contributed by atoms with Crippen LogP contribution in [0.4, 0.5) is 0 Å². The highest BCUT2D eigenvalue weighted by atomic mass is 79.9. The first kappa shape index (κ1) is 21.1. The molecule has 1 aliphatic heterocycles. The molecule has 2 aromatic carbocycles. The van der Waals surface area contributed by atoms with Gasteiger partial charge in [-0.3, -0.25) is 4.79 Å². The van der Waals surface area contributed by atoms with Crippen LogP contribution < -0.4 is 5.32 Å². The summed E-state index contributed by atoms with van der Waals surface area (Å²) in [5.74, 6) is -0.439. The van der Waals surface area contributed by atoms with Crippen LogP contribution in [0.2, 0.25) is 0 Å². The molecule has 1 heterocycles. The first-order valence-corrected chi connectivity index (χ1v) is 10.6. The van der Waals surface area contributed by atoms with E-state index in [4.69, 9.17) is 4.74 Å². The number of ether oxygens (including phenoxy) is 1. The molecule has 0 atom stereocenters. The van der Waals surface area contributed by atoms with E-state index in [1.165, 1.54) is 5.56 Å². The summed E-state index contributed by atoms with van der Waals surface area (Å²) in [6.45, 7) is 3.63. The molecule has 0 aromatic heterocycles. The predicted octanol–water partition coefficient (Wildman–Crippen LogP) is 3.94. The second-order valence-corrected chi connectivity index (χ2v) is 7.74. The van der Waals surface area contributed by atoms with Crippen LogP contribution in [0.15, 0.2) is 70.3 Å². The van der Waals surface area contributed by atoms with Gasteiger partial charge in [-0.1, -0.05) is 46.3 Å². The molecule has 5 nitrogen and oxygen atoms in total. The highest BCUT2D eigenvalue weighted by Gasteiger charge is 2.28. The normalized spacial score (nSPS) is 13.9. The quantitative estimate of drug-likeness (QED) is 0.640. The van der Waals surface area contributed by atoms with E-state index in [9.17, 15) is 9.59 Å². The van der Waals surface area contributed by atoms with Gasteiger partial charge in [0.1, 0.15) is 0 Å². The largest absolute Gasteiger partial charge is 0.463 e. The third-order valence-electron chi connectivity index (χ3n) is 4.84. The summed E-state index contributed by atoms with van der Waals surface area (Å²) >= 11 is 3.38. The maximum atomic E-state index is 12.9. The summed E-state index contributed by atoms with van der Waals surface area (Å²) in [6.07, 6.45) is 1.47. The van der Waals surface area contributed by atoms with Gasteiger partial charge in [-0.15, -0.1) is 0 Å². The van der Waals surface area contributed by atoms with Crippen LogP contribution in [0.3, 0.4) is 0 Å². The Bertz CT molecular complexity index is 879. The average Bonchev–Trinajstić information content (AvgIpc) is 2.75. The maximum Gasteiger partial charge on any atom is 0.337 e. The van der Waals surface area contributed by atoms with E-state index in [2.05, 4.69) is 33.4 Å². The van der Waals surface area contributed by atoms with Gasteiger partial charge in [0.25, 0.3) is 5.91 Å². The number of rotatable bonds is 7. The SMILES string of the molecule is CCOC(=O)C1=C(NCCc2ccccc2)CCN(C(=O)c2ccc(Br)cc2)C1. The topological polar surface area (TPSA) is 58.6 Å². The van der Waals surface area contributed by atoms with Crippen molar-refractivity contribution < 1.29 is 14.3 Å². The van der Waals surface area contributed by atoms with Crippen molar-refractivity contribution in [1.82, 2.24) is 10.2 Å². The van der Waals surface area contributed by atoms with Crippen LogP contribution in [-0.2, 0) is 16.0 Å². The maximum absolute atomic E-state index is 12.9. The lowest BCUT2D eigenvalue weighted by molar-refractivity contribution is -0.138. The number of carbonyl (C=O) groups excluding carboxylic acids is 2. The molecule has 0 spiro atoms. The van der Waals surface area contributed by atoms with Gasteiger partial charge in [-0.05, 0) is 43.2 Å². The van der Waals surface area contributed by atoms with E-state index in [0.29, 0.717) is 30.7 Å².